The Labute approximate surface area is 203 Å². The summed E-state index contributed by atoms with van der Waals surface area (Å²) in [5.74, 6) is 0.785. The largest absolute Gasteiger partial charge is 0.368 e. The minimum atomic E-state index is -0.0799. The Kier molecular flexibility index (Phi) is 7.60. The third kappa shape index (κ3) is 5.71. The lowest BCUT2D eigenvalue weighted by Gasteiger charge is -2.36. The first-order chi connectivity index (χ1) is 15.9. The Morgan fingerprint density at radius 2 is 1.82 bits per heavy atom. The van der Waals surface area contributed by atoms with Crippen molar-refractivity contribution in [2.45, 2.75) is 32.0 Å². The van der Waals surface area contributed by atoms with Crippen molar-refractivity contribution in [3.8, 4) is 0 Å². The van der Waals surface area contributed by atoms with Crippen LogP contribution in [-0.4, -0.2) is 52.3 Å². The molecule has 0 atom stereocenters. The highest BCUT2D eigenvalue weighted by Crippen LogP contribution is 2.22. The lowest BCUT2D eigenvalue weighted by Crippen LogP contribution is -2.49. The maximum Gasteiger partial charge on any atom is 0.262 e. The van der Waals surface area contributed by atoms with Crippen LogP contribution >= 0.6 is 23.4 Å². The molecule has 1 aromatic heterocycles. The highest BCUT2D eigenvalue weighted by molar-refractivity contribution is 7.99. The lowest BCUT2D eigenvalue weighted by molar-refractivity contribution is -0.128. The number of carbonyl (C=O) groups is 1. The summed E-state index contributed by atoms with van der Waals surface area (Å²) in [5.41, 5.74) is 1.68. The van der Waals surface area contributed by atoms with Gasteiger partial charge in [-0.05, 0) is 42.7 Å². The van der Waals surface area contributed by atoms with Crippen molar-refractivity contribution in [1.29, 1.82) is 0 Å². The summed E-state index contributed by atoms with van der Waals surface area (Å²) in [7, 11) is 0. The van der Waals surface area contributed by atoms with Gasteiger partial charge >= 0.3 is 0 Å². The van der Waals surface area contributed by atoms with Gasteiger partial charge in [-0.15, -0.1) is 0 Å². The Morgan fingerprint density at radius 3 is 2.52 bits per heavy atom. The fourth-order valence-corrected chi connectivity index (χ4v) is 5.03. The smallest absolute Gasteiger partial charge is 0.262 e. The average molecular weight is 485 g/mol. The molecule has 2 heterocycles. The lowest BCUT2D eigenvalue weighted by atomic mass is 10.1. The van der Waals surface area contributed by atoms with Crippen molar-refractivity contribution in [3.05, 3.63) is 63.9 Å². The van der Waals surface area contributed by atoms with Crippen molar-refractivity contribution in [2.75, 3.05) is 36.8 Å². The fourth-order valence-electron chi connectivity index (χ4n) is 3.94. The Morgan fingerprint density at radius 1 is 1.09 bits per heavy atom. The van der Waals surface area contributed by atoms with E-state index in [1.54, 1.807) is 22.8 Å². The molecule has 1 fully saturated rings. The molecule has 33 heavy (non-hydrogen) atoms. The van der Waals surface area contributed by atoms with Gasteiger partial charge in [-0.3, -0.25) is 14.2 Å². The van der Waals surface area contributed by atoms with Crippen molar-refractivity contribution >= 4 is 45.9 Å². The third-order valence-electron chi connectivity index (χ3n) is 5.89. The van der Waals surface area contributed by atoms with Crippen LogP contribution in [0.15, 0.2) is 58.5 Å². The summed E-state index contributed by atoms with van der Waals surface area (Å²) in [6.45, 7) is 7.84. The van der Waals surface area contributed by atoms with Gasteiger partial charge < -0.3 is 9.80 Å². The van der Waals surface area contributed by atoms with Crippen LogP contribution in [0.5, 0.6) is 0 Å². The summed E-state index contributed by atoms with van der Waals surface area (Å²) in [6, 6.07) is 15.4. The number of aromatic nitrogens is 2. The van der Waals surface area contributed by atoms with Crippen LogP contribution in [0.4, 0.5) is 5.69 Å². The van der Waals surface area contributed by atoms with E-state index < -0.39 is 0 Å². The predicted molar refractivity (Wildman–Crippen MR) is 136 cm³/mol. The third-order valence-corrected chi connectivity index (χ3v) is 7.09. The topological polar surface area (TPSA) is 58.4 Å². The normalized spacial score (nSPS) is 14.3. The van der Waals surface area contributed by atoms with Gasteiger partial charge in [0.2, 0.25) is 5.91 Å². The van der Waals surface area contributed by atoms with Crippen LogP contribution in [0.2, 0.25) is 5.02 Å². The van der Waals surface area contributed by atoms with E-state index in [1.165, 1.54) is 17.4 Å². The number of fused-ring (bicyclic) bond motifs is 1. The van der Waals surface area contributed by atoms with Gasteiger partial charge in [0, 0.05) is 43.4 Å². The van der Waals surface area contributed by atoms with E-state index in [-0.39, 0.29) is 17.2 Å². The van der Waals surface area contributed by atoms with Crippen molar-refractivity contribution in [2.24, 2.45) is 5.92 Å². The van der Waals surface area contributed by atoms with Crippen molar-refractivity contribution < 1.29 is 4.79 Å². The number of nitrogens with zero attached hydrogens (tertiary/aromatic N) is 4. The fraction of sp³-hybridized carbons (Fsp3) is 0.400. The number of para-hydroxylation sites is 1. The van der Waals surface area contributed by atoms with Gasteiger partial charge in [0.15, 0.2) is 5.16 Å². The molecule has 0 bridgehead atoms. The molecule has 0 radical (unpaired) electrons. The number of hydrogen-bond acceptors (Lipinski definition) is 5. The molecular formula is C25H29ClN4O2S. The standard InChI is InChI=1S/C25H29ClN4O2S/c1-18(2)10-11-30-24(32)21-9-8-19(26)16-22(21)27-25(30)33-17-23(31)29-14-12-28(13-15-29)20-6-4-3-5-7-20/h3-9,16,18H,10-15,17H2,1-2H3. The summed E-state index contributed by atoms with van der Waals surface area (Å²) in [6.07, 6.45) is 0.865. The number of thioether (sulfide) groups is 1. The van der Waals surface area contributed by atoms with E-state index in [4.69, 9.17) is 16.6 Å². The monoisotopic (exact) mass is 484 g/mol. The van der Waals surface area contributed by atoms with Gasteiger partial charge in [-0.25, -0.2) is 4.98 Å². The van der Waals surface area contributed by atoms with E-state index in [0.717, 1.165) is 19.5 Å². The Balaban J connectivity index is 1.46. The van der Waals surface area contributed by atoms with Crippen molar-refractivity contribution in [3.63, 3.8) is 0 Å². The van der Waals surface area contributed by atoms with E-state index >= 15 is 0 Å². The number of rotatable bonds is 7. The maximum atomic E-state index is 13.2. The first kappa shape index (κ1) is 23.6. The zero-order valence-corrected chi connectivity index (χ0v) is 20.6. The molecular weight excluding hydrogens is 456 g/mol. The van der Waals surface area contributed by atoms with Crippen molar-refractivity contribution in [1.82, 2.24) is 14.5 Å². The highest BCUT2D eigenvalue weighted by Gasteiger charge is 2.22. The molecule has 1 aliphatic heterocycles. The zero-order chi connectivity index (χ0) is 23.4. The number of piperazine rings is 1. The molecule has 0 unspecified atom stereocenters. The van der Waals surface area contributed by atoms with Crippen LogP contribution in [-0.2, 0) is 11.3 Å². The van der Waals surface area contributed by atoms with E-state index in [2.05, 4.69) is 30.9 Å². The number of benzene rings is 2. The molecule has 8 heteroatoms. The molecule has 174 valence electrons. The second-order valence-electron chi connectivity index (χ2n) is 8.69. The number of hydrogen-bond donors (Lipinski definition) is 0. The summed E-state index contributed by atoms with van der Waals surface area (Å²) < 4.78 is 1.71. The number of anilines is 1. The first-order valence-corrected chi connectivity index (χ1v) is 12.7. The second-order valence-corrected chi connectivity index (χ2v) is 10.1. The van der Waals surface area contributed by atoms with E-state index in [9.17, 15) is 9.59 Å². The van der Waals surface area contributed by atoms with Gasteiger partial charge in [-0.2, -0.15) is 0 Å². The number of amides is 1. The Hall–Kier alpha value is -2.51. The van der Waals surface area contributed by atoms with E-state index in [1.807, 2.05) is 23.1 Å². The second kappa shape index (κ2) is 10.6. The van der Waals surface area contributed by atoms with Crippen LogP contribution in [0.1, 0.15) is 20.3 Å². The molecule has 0 aliphatic carbocycles. The van der Waals surface area contributed by atoms with Crippen LogP contribution < -0.4 is 10.5 Å². The number of halogens is 1. The minimum absolute atomic E-state index is 0.0727. The van der Waals surface area contributed by atoms with E-state index in [0.29, 0.717) is 46.6 Å². The molecule has 2 aromatic carbocycles. The van der Waals surface area contributed by atoms with Crippen LogP contribution in [0.25, 0.3) is 10.9 Å². The molecule has 3 aromatic rings. The molecule has 1 amide bonds. The molecule has 0 spiro atoms. The van der Waals surface area contributed by atoms with Crippen LogP contribution in [0.3, 0.4) is 0 Å². The number of carbonyl (C=O) groups excluding carboxylic acids is 1. The average Bonchev–Trinajstić information content (AvgIpc) is 2.82. The molecule has 4 rings (SSSR count). The molecule has 6 nitrogen and oxygen atoms in total. The summed E-state index contributed by atoms with van der Waals surface area (Å²) in [5, 5.41) is 1.67. The SMILES string of the molecule is CC(C)CCn1c(SCC(=O)N2CCN(c3ccccc3)CC2)nc2cc(Cl)ccc2c1=O. The zero-order valence-electron chi connectivity index (χ0n) is 19.0. The van der Waals surface area contributed by atoms with Gasteiger partial charge in [0.05, 0.1) is 16.7 Å². The minimum Gasteiger partial charge on any atom is -0.368 e. The Bertz CT molecular complexity index is 1170. The van der Waals surface area contributed by atoms with Gasteiger partial charge in [0.1, 0.15) is 0 Å². The van der Waals surface area contributed by atoms with Gasteiger partial charge in [-0.1, -0.05) is 55.4 Å². The van der Waals surface area contributed by atoms with Crippen LogP contribution in [0, 0.1) is 5.92 Å². The first-order valence-electron chi connectivity index (χ1n) is 11.3. The van der Waals surface area contributed by atoms with Gasteiger partial charge in [0.25, 0.3) is 5.56 Å². The maximum absolute atomic E-state index is 13.2. The molecule has 0 saturated carbocycles. The quantitative estimate of drug-likeness (QED) is 0.364. The summed E-state index contributed by atoms with van der Waals surface area (Å²) >= 11 is 7.47. The molecule has 0 N–H and O–H groups in total. The highest BCUT2D eigenvalue weighted by atomic mass is 35.5. The summed E-state index contributed by atoms with van der Waals surface area (Å²) in [4.78, 5) is 35.0. The molecule has 1 aliphatic rings. The predicted octanol–water partition coefficient (Wildman–Crippen LogP) is 4.54. The molecule has 1 saturated heterocycles.